The first-order chi connectivity index (χ1) is 13.5. The molecule has 0 atom stereocenters. The molecular weight excluding hydrogens is 446 g/mol. The lowest BCUT2D eigenvalue weighted by Crippen LogP contribution is -2.05. The minimum absolute atomic E-state index is 0.193. The second-order valence-corrected chi connectivity index (χ2v) is 7.28. The fourth-order valence-electron chi connectivity index (χ4n) is 2.56. The molecule has 5 nitrogen and oxygen atoms in total. The third kappa shape index (κ3) is 4.75. The zero-order valence-corrected chi connectivity index (χ0v) is 17.8. The highest BCUT2D eigenvalue weighted by Crippen LogP contribution is 2.37. The number of cyclic esters (lactones) is 1. The van der Waals surface area contributed by atoms with Crippen LogP contribution in [0.4, 0.5) is 0 Å². The summed E-state index contributed by atoms with van der Waals surface area (Å²) in [5, 5.41) is 0.412. The van der Waals surface area contributed by atoms with Gasteiger partial charge in [-0.25, -0.2) is 9.79 Å². The molecule has 0 N–H and O–H groups in total. The van der Waals surface area contributed by atoms with Crippen LogP contribution in [0.25, 0.3) is 6.08 Å². The summed E-state index contributed by atoms with van der Waals surface area (Å²) in [6.07, 6.45) is 2.47. The van der Waals surface area contributed by atoms with Crippen LogP contribution in [-0.2, 0) is 9.53 Å². The van der Waals surface area contributed by atoms with Gasteiger partial charge in [0.1, 0.15) is 0 Å². The first-order valence-electron chi connectivity index (χ1n) is 8.89. The van der Waals surface area contributed by atoms with Crippen molar-refractivity contribution in [2.45, 2.75) is 20.3 Å². The highest BCUT2D eigenvalue weighted by atomic mass is 79.9. The lowest BCUT2D eigenvalue weighted by atomic mass is 10.1. The van der Waals surface area contributed by atoms with E-state index in [1.165, 1.54) is 0 Å². The molecule has 1 aliphatic rings. The second kappa shape index (κ2) is 9.26. The molecule has 2 aromatic carbocycles. The van der Waals surface area contributed by atoms with Crippen LogP contribution in [0.1, 0.15) is 31.4 Å². The Labute approximate surface area is 177 Å². The number of benzene rings is 2. The van der Waals surface area contributed by atoms with Crippen LogP contribution >= 0.6 is 27.5 Å². The zero-order valence-electron chi connectivity index (χ0n) is 15.5. The third-order valence-electron chi connectivity index (χ3n) is 3.80. The van der Waals surface area contributed by atoms with Crippen LogP contribution in [-0.4, -0.2) is 25.1 Å². The van der Waals surface area contributed by atoms with Gasteiger partial charge in [-0.1, -0.05) is 34.5 Å². The number of hydrogen-bond donors (Lipinski definition) is 0. The largest absolute Gasteiger partial charge is 0.490 e. The fraction of sp³-hybridized carbons (Fsp3) is 0.238. The Hall–Kier alpha value is -2.31. The average Bonchev–Trinajstić information content (AvgIpc) is 3.02. The molecule has 1 aliphatic heterocycles. The van der Waals surface area contributed by atoms with Crippen molar-refractivity contribution in [2.24, 2.45) is 4.99 Å². The molecule has 0 amide bonds. The molecule has 3 rings (SSSR count). The van der Waals surface area contributed by atoms with Crippen molar-refractivity contribution in [2.75, 3.05) is 13.2 Å². The standard InChI is InChI=1S/C21H19BrClNO4/c1-3-9-27-19-16(23)10-13(12-18(19)26-4-2)11-17-21(25)28-20(24-17)14-5-7-15(22)8-6-14/h5-8,10-12H,3-4,9H2,1-2H3/b17-11-. The molecule has 146 valence electrons. The van der Waals surface area contributed by atoms with E-state index in [1.54, 1.807) is 18.2 Å². The van der Waals surface area contributed by atoms with Crippen LogP contribution in [0, 0.1) is 0 Å². The predicted octanol–water partition coefficient (Wildman–Crippen LogP) is 5.63. The third-order valence-corrected chi connectivity index (χ3v) is 4.61. The molecule has 28 heavy (non-hydrogen) atoms. The summed E-state index contributed by atoms with van der Waals surface area (Å²) in [6, 6.07) is 10.8. The summed E-state index contributed by atoms with van der Waals surface area (Å²) in [5.41, 5.74) is 1.58. The molecule has 1 heterocycles. The van der Waals surface area contributed by atoms with Gasteiger partial charge in [-0.3, -0.25) is 0 Å². The number of carbonyl (C=O) groups is 1. The minimum atomic E-state index is -0.515. The fourth-order valence-corrected chi connectivity index (χ4v) is 3.10. The molecule has 0 unspecified atom stereocenters. The maximum absolute atomic E-state index is 12.2. The van der Waals surface area contributed by atoms with Gasteiger partial charge in [0.15, 0.2) is 17.2 Å². The van der Waals surface area contributed by atoms with Crippen molar-refractivity contribution in [3.05, 3.63) is 62.7 Å². The van der Waals surface area contributed by atoms with E-state index in [0.29, 0.717) is 35.3 Å². The summed E-state index contributed by atoms with van der Waals surface area (Å²) in [5.74, 6) is 0.778. The second-order valence-electron chi connectivity index (χ2n) is 5.95. The maximum Gasteiger partial charge on any atom is 0.363 e. The number of ether oxygens (including phenoxy) is 3. The van der Waals surface area contributed by atoms with E-state index in [0.717, 1.165) is 16.5 Å². The molecule has 0 spiro atoms. The predicted molar refractivity (Wildman–Crippen MR) is 113 cm³/mol. The van der Waals surface area contributed by atoms with Crippen molar-refractivity contribution >= 4 is 45.5 Å². The average molecular weight is 465 g/mol. The Balaban J connectivity index is 1.93. The topological polar surface area (TPSA) is 57.1 Å². The van der Waals surface area contributed by atoms with Crippen molar-refractivity contribution < 1.29 is 19.0 Å². The quantitative estimate of drug-likeness (QED) is 0.393. The molecule has 7 heteroatoms. The number of hydrogen-bond acceptors (Lipinski definition) is 5. The van der Waals surface area contributed by atoms with E-state index in [-0.39, 0.29) is 11.6 Å². The van der Waals surface area contributed by atoms with E-state index in [1.807, 2.05) is 38.1 Å². The van der Waals surface area contributed by atoms with E-state index < -0.39 is 5.97 Å². The lowest BCUT2D eigenvalue weighted by Gasteiger charge is -2.14. The maximum atomic E-state index is 12.2. The number of nitrogens with zero attached hydrogens (tertiary/aromatic N) is 1. The van der Waals surface area contributed by atoms with Crippen LogP contribution in [0.5, 0.6) is 11.5 Å². The number of aliphatic imine (C=N–C) groups is 1. The van der Waals surface area contributed by atoms with Gasteiger partial charge < -0.3 is 14.2 Å². The Morgan fingerprint density at radius 3 is 2.61 bits per heavy atom. The first-order valence-corrected chi connectivity index (χ1v) is 10.1. The van der Waals surface area contributed by atoms with Crippen molar-refractivity contribution in [1.82, 2.24) is 0 Å². The van der Waals surface area contributed by atoms with E-state index in [9.17, 15) is 4.79 Å². The lowest BCUT2D eigenvalue weighted by molar-refractivity contribution is -0.129. The number of esters is 1. The Morgan fingerprint density at radius 2 is 1.93 bits per heavy atom. The van der Waals surface area contributed by atoms with E-state index >= 15 is 0 Å². The van der Waals surface area contributed by atoms with Crippen LogP contribution in [0.3, 0.4) is 0 Å². The highest BCUT2D eigenvalue weighted by Gasteiger charge is 2.24. The monoisotopic (exact) mass is 463 g/mol. The van der Waals surface area contributed by atoms with Crippen molar-refractivity contribution in [3.63, 3.8) is 0 Å². The van der Waals surface area contributed by atoms with Crippen molar-refractivity contribution in [1.29, 1.82) is 0 Å². The molecule has 0 fully saturated rings. The molecular formula is C21H19BrClNO4. The molecule has 0 aromatic heterocycles. The molecule has 2 aromatic rings. The van der Waals surface area contributed by atoms with Crippen LogP contribution in [0.15, 0.2) is 51.6 Å². The molecule has 0 saturated carbocycles. The SMILES string of the molecule is CCCOc1c(Cl)cc(/C=C2\N=C(c3ccc(Br)cc3)OC2=O)cc1OCC. The summed E-state index contributed by atoms with van der Waals surface area (Å²) < 4.78 is 17.6. The Bertz CT molecular complexity index is 938. The number of carbonyl (C=O) groups excluding carboxylic acids is 1. The van der Waals surface area contributed by atoms with Gasteiger partial charge in [-0.05, 0) is 61.4 Å². The summed E-state index contributed by atoms with van der Waals surface area (Å²) >= 11 is 9.75. The van der Waals surface area contributed by atoms with Gasteiger partial charge in [0, 0.05) is 10.0 Å². The first kappa shape index (κ1) is 20.4. The smallest absolute Gasteiger partial charge is 0.363 e. The summed E-state index contributed by atoms with van der Waals surface area (Å²) in [6.45, 7) is 4.89. The highest BCUT2D eigenvalue weighted by molar-refractivity contribution is 9.10. The molecule has 0 radical (unpaired) electrons. The van der Waals surface area contributed by atoms with Gasteiger partial charge in [0.2, 0.25) is 5.90 Å². The van der Waals surface area contributed by atoms with Gasteiger partial charge >= 0.3 is 5.97 Å². The van der Waals surface area contributed by atoms with E-state index in [4.69, 9.17) is 25.8 Å². The molecule has 0 aliphatic carbocycles. The summed E-state index contributed by atoms with van der Waals surface area (Å²) in [4.78, 5) is 16.5. The van der Waals surface area contributed by atoms with Gasteiger partial charge in [-0.15, -0.1) is 0 Å². The minimum Gasteiger partial charge on any atom is -0.490 e. The van der Waals surface area contributed by atoms with Crippen LogP contribution < -0.4 is 9.47 Å². The Morgan fingerprint density at radius 1 is 1.18 bits per heavy atom. The summed E-state index contributed by atoms with van der Waals surface area (Å²) in [7, 11) is 0. The molecule has 0 saturated heterocycles. The van der Waals surface area contributed by atoms with Crippen LogP contribution in [0.2, 0.25) is 5.02 Å². The molecule has 0 bridgehead atoms. The number of rotatable bonds is 7. The van der Waals surface area contributed by atoms with E-state index in [2.05, 4.69) is 20.9 Å². The van der Waals surface area contributed by atoms with Gasteiger partial charge in [-0.2, -0.15) is 0 Å². The van der Waals surface area contributed by atoms with Gasteiger partial charge in [0.05, 0.1) is 18.2 Å². The normalized spacial score (nSPS) is 14.8. The zero-order chi connectivity index (χ0) is 20.1. The Kier molecular flexibility index (Phi) is 6.75. The van der Waals surface area contributed by atoms with Gasteiger partial charge in [0.25, 0.3) is 0 Å². The van der Waals surface area contributed by atoms with Crippen molar-refractivity contribution in [3.8, 4) is 11.5 Å². The number of halogens is 2.